The minimum absolute atomic E-state index is 0.000879. The Balaban J connectivity index is 1.72. The van der Waals surface area contributed by atoms with E-state index in [4.69, 9.17) is 0 Å². The van der Waals surface area contributed by atoms with Gasteiger partial charge in [0.1, 0.15) is 5.82 Å². The van der Waals surface area contributed by atoms with Gasteiger partial charge >= 0.3 is 12.2 Å². The molecule has 36 heavy (non-hydrogen) atoms. The Morgan fingerprint density at radius 3 is 2.25 bits per heavy atom. The van der Waals surface area contributed by atoms with Crippen LogP contribution in [0.5, 0.6) is 0 Å². The molecule has 3 rings (SSSR count). The number of hydrogen-bond donors (Lipinski definition) is 3. The third kappa shape index (κ3) is 7.00. The summed E-state index contributed by atoms with van der Waals surface area (Å²) in [5.41, 5.74) is 0.147. The maximum absolute atomic E-state index is 13.8. The van der Waals surface area contributed by atoms with E-state index in [9.17, 15) is 27.2 Å². The number of hydrogen-bond acceptors (Lipinski definition) is 3. The van der Waals surface area contributed by atoms with Crippen LogP contribution >= 0.6 is 12.8 Å². The molecule has 2 N–H and O–H groups in total. The number of amides is 3. The molecular formula is C26H25F4N3O2S. The number of anilines is 3. The maximum atomic E-state index is 13.8. The molecule has 5 nitrogen and oxygen atoms in total. The average Bonchev–Trinajstić information content (AvgIpc) is 2.83. The molecule has 0 bridgehead atoms. The Morgan fingerprint density at radius 1 is 0.972 bits per heavy atom. The number of carbonyl (C=O) groups is 2. The van der Waals surface area contributed by atoms with E-state index >= 15 is 0 Å². The van der Waals surface area contributed by atoms with Gasteiger partial charge in [0.15, 0.2) is 0 Å². The topological polar surface area (TPSA) is 61.4 Å². The van der Waals surface area contributed by atoms with E-state index in [0.29, 0.717) is 23.4 Å². The Bertz CT molecular complexity index is 1230. The first-order chi connectivity index (χ1) is 17.0. The molecule has 10 heteroatoms. The summed E-state index contributed by atoms with van der Waals surface area (Å²) in [6, 6.07) is 14.2. The molecule has 0 radical (unpaired) electrons. The first kappa shape index (κ1) is 27.1. The molecular weight excluding hydrogens is 494 g/mol. The zero-order valence-corrected chi connectivity index (χ0v) is 20.5. The SMILES string of the molecule is CCC(C)Cc1cc(NC(=O)N(S)c2ccc(NC(=O)c3ccccc3F)cc2)cc(C(F)(F)F)c1. The van der Waals surface area contributed by atoms with Crippen LogP contribution in [0.4, 0.5) is 39.4 Å². The summed E-state index contributed by atoms with van der Waals surface area (Å²) in [5, 5.41) is 5.01. The molecule has 3 aromatic carbocycles. The van der Waals surface area contributed by atoms with Crippen LogP contribution in [0.15, 0.2) is 66.7 Å². The minimum atomic E-state index is -4.56. The highest BCUT2D eigenvalue weighted by molar-refractivity contribution is 7.82. The molecule has 0 aliphatic heterocycles. The third-order valence-electron chi connectivity index (χ3n) is 5.53. The Labute approximate surface area is 212 Å². The summed E-state index contributed by atoms with van der Waals surface area (Å²) in [6.45, 7) is 3.90. The van der Waals surface area contributed by atoms with Gasteiger partial charge in [-0.15, -0.1) is 0 Å². The fourth-order valence-corrected chi connectivity index (χ4v) is 3.60. The number of benzene rings is 3. The zero-order valence-electron chi connectivity index (χ0n) is 19.6. The molecule has 0 saturated heterocycles. The number of alkyl halides is 3. The van der Waals surface area contributed by atoms with Crippen molar-refractivity contribution in [1.82, 2.24) is 0 Å². The van der Waals surface area contributed by atoms with Gasteiger partial charge < -0.3 is 10.6 Å². The number of nitrogens with one attached hydrogen (secondary N) is 2. The van der Waals surface area contributed by atoms with Crippen molar-refractivity contribution >= 4 is 41.8 Å². The van der Waals surface area contributed by atoms with E-state index < -0.39 is 29.5 Å². The highest BCUT2D eigenvalue weighted by atomic mass is 32.1. The van der Waals surface area contributed by atoms with Crippen LogP contribution in [0.1, 0.15) is 41.8 Å². The van der Waals surface area contributed by atoms with Gasteiger partial charge in [0.2, 0.25) is 0 Å². The van der Waals surface area contributed by atoms with Crippen LogP contribution < -0.4 is 14.9 Å². The molecule has 0 aliphatic rings. The molecule has 3 amide bonds. The van der Waals surface area contributed by atoms with Gasteiger partial charge in [-0.1, -0.05) is 45.2 Å². The van der Waals surface area contributed by atoms with Crippen molar-refractivity contribution in [1.29, 1.82) is 0 Å². The molecule has 1 unspecified atom stereocenters. The highest BCUT2D eigenvalue weighted by Gasteiger charge is 2.31. The minimum Gasteiger partial charge on any atom is -0.322 e. The lowest BCUT2D eigenvalue weighted by atomic mass is 9.97. The van der Waals surface area contributed by atoms with Crippen molar-refractivity contribution < 1.29 is 27.2 Å². The number of thiol groups is 1. The number of urea groups is 1. The quantitative estimate of drug-likeness (QED) is 0.223. The summed E-state index contributed by atoms with van der Waals surface area (Å²) >= 11 is 4.16. The molecule has 0 heterocycles. The normalized spacial score (nSPS) is 12.1. The zero-order chi connectivity index (χ0) is 26.5. The largest absolute Gasteiger partial charge is 0.416 e. The van der Waals surface area contributed by atoms with E-state index in [0.717, 1.165) is 22.9 Å². The number of nitrogens with zero attached hydrogens (tertiary/aromatic N) is 1. The molecule has 0 aromatic heterocycles. The fourth-order valence-electron chi connectivity index (χ4n) is 3.42. The second kappa shape index (κ2) is 11.5. The molecule has 0 saturated carbocycles. The summed E-state index contributed by atoms with van der Waals surface area (Å²) < 4.78 is 54.9. The van der Waals surface area contributed by atoms with Gasteiger partial charge in [-0.05, 0) is 72.5 Å². The van der Waals surface area contributed by atoms with Gasteiger partial charge in [0.05, 0.1) is 16.8 Å². The Morgan fingerprint density at radius 2 is 1.64 bits per heavy atom. The lowest BCUT2D eigenvalue weighted by Gasteiger charge is -2.19. The van der Waals surface area contributed by atoms with E-state index in [1.165, 1.54) is 54.6 Å². The summed E-state index contributed by atoms with van der Waals surface area (Å²) in [5.74, 6) is -1.12. The van der Waals surface area contributed by atoms with Crippen LogP contribution in [-0.4, -0.2) is 11.9 Å². The smallest absolute Gasteiger partial charge is 0.322 e. The molecule has 0 spiro atoms. The predicted molar refractivity (Wildman–Crippen MR) is 136 cm³/mol. The van der Waals surface area contributed by atoms with Crippen molar-refractivity contribution in [2.24, 2.45) is 5.92 Å². The Hall–Kier alpha value is -3.53. The third-order valence-corrected chi connectivity index (χ3v) is 5.95. The number of rotatable bonds is 7. The summed E-state index contributed by atoms with van der Waals surface area (Å²) in [7, 11) is 0. The summed E-state index contributed by atoms with van der Waals surface area (Å²) in [6.07, 6.45) is -3.32. The first-order valence-corrected chi connectivity index (χ1v) is 11.5. The van der Waals surface area contributed by atoms with E-state index in [1.54, 1.807) is 0 Å². The monoisotopic (exact) mass is 519 g/mol. The number of carbonyl (C=O) groups excluding carboxylic acids is 2. The highest BCUT2D eigenvalue weighted by Crippen LogP contribution is 2.33. The van der Waals surface area contributed by atoms with Crippen molar-refractivity contribution in [3.63, 3.8) is 0 Å². The van der Waals surface area contributed by atoms with Gasteiger partial charge in [-0.25, -0.2) is 13.5 Å². The molecule has 1 atom stereocenters. The second-order valence-electron chi connectivity index (χ2n) is 8.36. The van der Waals surface area contributed by atoms with E-state index in [2.05, 4.69) is 23.4 Å². The van der Waals surface area contributed by atoms with Crippen molar-refractivity contribution in [3.05, 3.63) is 89.2 Å². The first-order valence-electron chi connectivity index (χ1n) is 11.1. The van der Waals surface area contributed by atoms with E-state index in [1.807, 2.05) is 13.8 Å². The van der Waals surface area contributed by atoms with Gasteiger partial charge in [-0.3, -0.25) is 4.79 Å². The molecule has 0 fully saturated rings. The molecule has 190 valence electrons. The lowest BCUT2D eigenvalue weighted by Crippen LogP contribution is -2.27. The van der Waals surface area contributed by atoms with E-state index in [-0.39, 0.29) is 17.2 Å². The van der Waals surface area contributed by atoms with Gasteiger partial charge in [0.25, 0.3) is 5.91 Å². The average molecular weight is 520 g/mol. The van der Waals surface area contributed by atoms with Crippen molar-refractivity contribution in [2.75, 3.05) is 14.9 Å². The fraction of sp³-hybridized carbons (Fsp3) is 0.231. The molecule has 3 aromatic rings. The van der Waals surface area contributed by atoms with Crippen LogP contribution in [0.3, 0.4) is 0 Å². The molecule has 0 aliphatic carbocycles. The predicted octanol–water partition coefficient (Wildman–Crippen LogP) is 7.57. The van der Waals surface area contributed by atoms with Crippen LogP contribution in [-0.2, 0) is 12.6 Å². The lowest BCUT2D eigenvalue weighted by molar-refractivity contribution is -0.137. The van der Waals surface area contributed by atoms with Crippen LogP contribution in [0.2, 0.25) is 0 Å². The van der Waals surface area contributed by atoms with Gasteiger partial charge in [0, 0.05) is 11.4 Å². The van der Waals surface area contributed by atoms with Gasteiger partial charge in [-0.2, -0.15) is 13.2 Å². The van der Waals surface area contributed by atoms with Crippen LogP contribution in [0.25, 0.3) is 0 Å². The standard InChI is InChI=1S/C26H25F4N3O2S/c1-3-16(2)12-17-13-18(26(28,29)30)15-20(14-17)32-25(35)33(36)21-10-8-19(9-11-21)31-24(34)22-6-4-5-7-23(22)27/h4-11,13-16,36H,3,12H2,1-2H3,(H,31,34)(H,32,35). The Kier molecular flexibility index (Phi) is 8.62. The maximum Gasteiger partial charge on any atom is 0.416 e. The number of halogens is 4. The summed E-state index contributed by atoms with van der Waals surface area (Å²) in [4.78, 5) is 25.0. The second-order valence-corrected chi connectivity index (χ2v) is 8.76. The van der Waals surface area contributed by atoms with Crippen molar-refractivity contribution in [2.45, 2.75) is 32.9 Å². The van der Waals surface area contributed by atoms with Crippen LogP contribution in [0, 0.1) is 11.7 Å². The van der Waals surface area contributed by atoms with Crippen molar-refractivity contribution in [3.8, 4) is 0 Å².